The predicted molar refractivity (Wildman–Crippen MR) is 88.3 cm³/mol. The third-order valence-corrected chi connectivity index (χ3v) is 4.41. The van der Waals surface area contributed by atoms with Crippen LogP contribution in [-0.4, -0.2) is 49.2 Å². The summed E-state index contributed by atoms with van der Waals surface area (Å²) in [5.74, 6) is 0.893. The lowest BCUT2D eigenvalue weighted by Gasteiger charge is -2.33. The summed E-state index contributed by atoms with van der Waals surface area (Å²) >= 11 is 0. The van der Waals surface area contributed by atoms with E-state index < -0.39 is 5.54 Å². The van der Waals surface area contributed by atoms with Gasteiger partial charge in [0.15, 0.2) is 11.5 Å². The summed E-state index contributed by atoms with van der Waals surface area (Å²) in [5, 5.41) is 0. The second-order valence-electron chi connectivity index (χ2n) is 6.12. The number of hydrogen-bond donors (Lipinski definition) is 0. The van der Waals surface area contributed by atoms with E-state index in [9.17, 15) is 14.4 Å². The second-order valence-corrected chi connectivity index (χ2v) is 6.12. The van der Waals surface area contributed by atoms with E-state index >= 15 is 0 Å². The Hall–Kier alpha value is -2.37. The van der Waals surface area contributed by atoms with Crippen molar-refractivity contribution in [2.45, 2.75) is 38.1 Å². The normalized spacial score (nSPS) is 19.9. The van der Waals surface area contributed by atoms with Gasteiger partial charge in [-0.15, -0.1) is 0 Å². The lowest BCUT2D eigenvalue weighted by molar-refractivity contribution is -0.140. The van der Waals surface area contributed by atoms with E-state index in [0.717, 1.165) is 18.3 Å². The minimum Gasteiger partial charge on any atom is -0.493 e. The van der Waals surface area contributed by atoms with Gasteiger partial charge in [-0.1, -0.05) is 6.07 Å². The third kappa shape index (κ3) is 3.58. The van der Waals surface area contributed by atoms with Gasteiger partial charge >= 0.3 is 0 Å². The van der Waals surface area contributed by atoms with Gasteiger partial charge in [-0.2, -0.15) is 0 Å². The zero-order valence-corrected chi connectivity index (χ0v) is 14.3. The Bertz CT molecular complexity index is 642. The van der Waals surface area contributed by atoms with Crippen LogP contribution in [0, 0.1) is 0 Å². The Morgan fingerprint density at radius 1 is 1.25 bits per heavy atom. The smallest absolute Gasteiger partial charge is 0.227 e. The number of benzene rings is 1. The Labute approximate surface area is 141 Å². The maximum absolute atomic E-state index is 12.7. The fourth-order valence-corrected chi connectivity index (χ4v) is 3.31. The van der Waals surface area contributed by atoms with Gasteiger partial charge in [0.1, 0.15) is 17.6 Å². The number of hydrogen-bond acceptors (Lipinski definition) is 5. The van der Waals surface area contributed by atoms with Crippen LogP contribution in [0.15, 0.2) is 18.2 Å². The maximum Gasteiger partial charge on any atom is 0.227 e. The number of Topliss-reactive ketones (excluding diaryl/α,β-unsaturated/α-hetero) is 1. The van der Waals surface area contributed by atoms with Crippen molar-refractivity contribution in [1.29, 1.82) is 0 Å². The summed E-state index contributed by atoms with van der Waals surface area (Å²) in [7, 11) is 3.08. The van der Waals surface area contributed by atoms with Gasteiger partial charge in [-0.05, 0) is 37.5 Å². The van der Waals surface area contributed by atoms with Crippen LogP contribution in [0.4, 0.5) is 0 Å². The van der Waals surface area contributed by atoms with Gasteiger partial charge in [-0.25, -0.2) is 0 Å². The molecule has 1 atom stereocenters. The summed E-state index contributed by atoms with van der Waals surface area (Å²) in [6, 6.07) is 5.29. The minimum absolute atomic E-state index is 0.0776. The molecule has 130 valence electrons. The molecule has 0 aromatic heterocycles. The molecule has 6 heteroatoms. The number of ketones is 1. The molecule has 1 heterocycles. The number of rotatable bonds is 7. The number of carbonyl (C=O) groups is 3. The highest BCUT2D eigenvalue weighted by Gasteiger charge is 2.44. The molecule has 0 radical (unpaired) electrons. The minimum atomic E-state index is -0.987. The van der Waals surface area contributed by atoms with Crippen LogP contribution < -0.4 is 9.47 Å². The number of aldehydes is 1. The fourth-order valence-electron chi connectivity index (χ4n) is 3.31. The van der Waals surface area contributed by atoms with Crippen LogP contribution in [0.3, 0.4) is 0 Å². The fraction of sp³-hybridized carbons (Fsp3) is 0.500. The van der Waals surface area contributed by atoms with Crippen LogP contribution in [0.25, 0.3) is 0 Å². The number of likely N-dealkylation sites (tertiary alicyclic amines) is 1. The van der Waals surface area contributed by atoms with E-state index in [1.54, 1.807) is 30.2 Å². The molecule has 1 aliphatic rings. The summed E-state index contributed by atoms with van der Waals surface area (Å²) in [6.07, 6.45) is 2.24. The van der Waals surface area contributed by atoms with E-state index in [0.29, 0.717) is 24.5 Å². The Kier molecular flexibility index (Phi) is 5.59. The third-order valence-electron chi connectivity index (χ3n) is 4.41. The number of methoxy groups -OCH3 is 2. The molecule has 1 unspecified atom stereocenters. The van der Waals surface area contributed by atoms with Gasteiger partial charge < -0.3 is 19.2 Å². The molecule has 24 heavy (non-hydrogen) atoms. The molecule has 1 amide bonds. The van der Waals surface area contributed by atoms with Crippen molar-refractivity contribution in [2.75, 3.05) is 20.8 Å². The summed E-state index contributed by atoms with van der Waals surface area (Å²) in [4.78, 5) is 37.4. The van der Waals surface area contributed by atoms with Crippen LogP contribution in [-0.2, 0) is 20.8 Å². The molecular formula is C18H23NO5. The summed E-state index contributed by atoms with van der Waals surface area (Å²) < 4.78 is 10.4. The zero-order chi connectivity index (χ0) is 17.7. The summed E-state index contributed by atoms with van der Waals surface area (Å²) in [6.45, 7) is 1.94. The van der Waals surface area contributed by atoms with Crippen molar-refractivity contribution < 1.29 is 23.9 Å². The highest BCUT2D eigenvalue weighted by atomic mass is 16.5. The average molecular weight is 333 g/mol. The topological polar surface area (TPSA) is 72.9 Å². The Morgan fingerprint density at radius 3 is 2.54 bits per heavy atom. The van der Waals surface area contributed by atoms with E-state index in [1.807, 2.05) is 0 Å². The molecule has 1 aliphatic heterocycles. The molecule has 2 rings (SSSR count). The zero-order valence-electron chi connectivity index (χ0n) is 14.3. The summed E-state index contributed by atoms with van der Waals surface area (Å²) in [5.41, 5.74) is -0.216. The first-order valence-electron chi connectivity index (χ1n) is 7.93. The first-order chi connectivity index (χ1) is 11.5. The van der Waals surface area contributed by atoms with Crippen molar-refractivity contribution in [3.8, 4) is 11.5 Å². The van der Waals surface area contributed by atoms with Gasteiger partial charge in [0.25, 0.3) is 0 Å². The molecule has 0 bridgehead atoms. The molecule has 0 saturated carbocycles. The van der Waals surface area contributed by atoms with E-state index in [-0.39, 0.29) is 24.5 Å². The van der Waals surface area contributed by atoms with Crippen LogP contribution >= 0.6 is 0 Å². The van der Waals surface area contributed by atoms with Crippen molar-refractivity contribution >= 4 is 18.0 Å². The van der Waals surface area contributed by atoms with Gasteiger partial charge in [0.2, 0.25) is 5.91 Å². The maximum atomic E-state index is 12.7. The monoisotopic (exact) mass is 333 g/mol. The predicted octanol–water partition coefficient (Wildman–Crippen LogP) is 1.79. The lowest BCUT2D eigenvalue weighted by Crippen LogP contribution is -2.50. The second kappa shape index (κ2) is 7.47. The van der Waals surface area contributed by atoms with Crippen LogP contribution in [0.2, 0.25) is 0 Å². The van der Waals surface area contributed by atoms with Crippen LogP contribution in [0.5, 0.6) is 11.5 Å². The molecule has 1 aromatic carbocycles. The van der Waals surface area contributed by atoms with E-state index in [2.05, 4.69) is 0 Å². The molecule has 0 spiro atoms. The molecule has 1 saturated heterocycles. The first-order valence-corrected chi connectivity index (χ1v) is 7.93. The van der Waals surface area contributed by atoms with Crippen molar-refractivity contribution in [1.82, 2.24) is 4.90 Å². The van der Waals surface area contributed by atoms with Crippen LogP contribution in [0.1, 0.15) is 31.7 Å². The highest BCUT2D eigenvalue weighted by molar-refractivity contribution is 5.89. The van der Waals surface area contributed by atoms with Gasteiger partial charge in [-0.3, -0.25) is 9.59 Å². The number of ether oxygens (including phenoxy) is 2. The largest absolute Gasteiger partial charge is 0.493 e. The Morgan fingerprint density at radius 2 is 1.96 bits per heavy atom. The molecule has 1 aromatic rings. The number of carbonyl (C=O) groups excluding carboxylic acids is 3. The number of amides is 1. The molecule has 0 aliphatic carbocycles. The SMILES string of the molecule is COc1ccc(CC(=O)N2CCCC2(C=O)CC(C)=O)cc1OC. The average Bonchev–Trinajstić information content (AvgIpc) is 2.98. The first kappa shape index (κ1) is 18.0. The standard InChI is InChI=1S/C18H23NO5/c1-13(21)11-18(12-20)7-4-8-19(18)17(22)10-14-5-6-15(23-2)16(9-14)24-3/h5-6,9,12H,4,7-8,10-11H2,1-3H3. The lowest BCUT2D eigenvalue weighted by atomic mass is 9.91. The molecule has 1 fully saturated rings. The van der Waals surface area contributed by atoms with E-state index in [1.165, 1.54) is 14.0 Å². The van der Waals surface area contributed by atoms with E-state index in [4.69, 9.17) is 9.47 Å². The quantitative estimate of drug-likeness (QED) is 0.711. The van der Waals surface area contributed by atoms with Crippen molar-refractivity contribution in [3.05, 3.63) is 23.8 Å². The molecule has 0 N–H and O–H groups in total. The number of nitrogens with zero attached hydrogens (tertiary/aromatic N) is 1. The Balaban J connectivity index is 2.19. The van der Waals surface area contributed by atoms with Crippen molar-refractivity contribution in [2.24, 2.45) is 0 Å². The van der Waals surface area contributed by atoms with Gasteiger partial charge in [0.05, 0.1) is 20.6 Å². The molecule has 6 nitrogen and oxygen atoms in total. The molecular weight excluding hydrogens is 310 g/mol. The highest BCUT2D eigenvalue weighted by Crippen LogP contribution is 2.33. The van der Waals surface area contributed by atoms with Gasteiger partial charge in [0, 0.05) is 13.0 Å². The van der Waals surface area contributed by atoms with Crippen molar-refractivity contribution in [3.63, 3.8) is 0 Å².